The molecule has 1 aliphatic heterocycles. The van der Waals surface area contributed by atoms with E-state index in [-0.39, 0.29) is 23.6 Å². The predicted molar refractivity (Wildman–Crippen MR) is 98.0 cm³/mol. The fraction of sp³-hybridized carbons (Fsp3) is 0.333. The van der Waals surface area contributed by atoms with Crippen molar-refractivity contribution >= 4 is 11.6 Å². The average Bonchev–Trinajstić information content (AvgIpc) is 3.10. The number of aromatic nitrogens is 2. The van der Waals surface area contributed by atoms with Crippen LogP contribution in [-0.2, 0) is 18.9 Å². The molecule has 0 spiro atoms. The van der Waals surface area contributed by atoms with Crippen LogP contribution in [-0.4, -0.2) is 38.0 Å². The van der Waals surface area contributed by atoms with Gasteiger partial charge in [0, 0.05) is 33.0 Å². The Balaban J connectivity index is 2.16. The normalized spacial score (nSPS) is 16.4. The number of amides is 1. The van der Waals surface area contributed by atoms with Crippen LogP contribution < -0.4 is 16.0 Å². The molecule has 0 bridgehead atoms. The highest BCUT2D eigenvalue weighted by Gasteiger charge is 2.35. The minimum absolute atomic E-state index is 0.0942. The van der Waals surface area contributed by atoms with Crippen LogP contribution in [0.5, 0.6) is 11.6 Å². The molecule has 27 heavy (non-hydrogen) atoms. The molecule has 0 fully saturated rings. The second kappa shape index (κ2) is 6.75. The van der Waals surface area contributed by atoms with E-state index in [0.29, 0.717) is 5.75 Å². The van der Waals surface area contributed by atoms with Crippen molar-refractivity contribution < 1.29 is 14.6 Å². The smallest absolute Gasteiger partial charge is 0.333 e. The fourth-order valence-electron chi connectivity index (χ4n) is 3.22. The number of methoxy groups -OCH3 is 1. The summed E-state index contributed by atoms with van der Waals surface area (Å²) in [6, 6.07) is 6.73. The molecule has 2 aromatic rings. The molecule has 142 valence electrons. The van der Waals surface area contributed by atoms with Gasteiger partial charge >= 0.3 is 5.69 Å². The summed E-state index contributed by atoms with van der Waals surface area (Å²) < 4.78 is 7.24. The Bertz CT molecular complexity index is 1070. The molecule has 1 unspecified atom stereocenters. The molecule has 1 aliphatic rings. The van der Waals surface area contributed by atoms with Gasteiger partial charge in [-0.2, -0.15) is 5.10 Å². The van der Waals surface area contributed by atoms with Crippen LogP contribution >= 0.6 is 0 Å². The monoisotopic (exact) mass is 372 g/mol. The first-order valence-corrected chi connectivity index (χ1v) is 8.27. The summed E-state index contributed by atoms with van der Waals surface area (Å²) >= 11 is 0. The van der Waals surface area contributed by atoms with E-state index in [1.54, 1.807) is 6.07 Å². The maximum atomic E-state index is 12.6. The maximum Gasteiger partial charge on any atom is 0.333 e. The number of carbonyl (C=O) groups is 1. The van der Waals surface area contributed by atoms with Crippen molar-refractivity contribution in [1.82, 2.24) is 14.1 Å². The number of ether oxygens (including phenoxy) is 1. The zero-order valence-electron chi connectivity index (χ0n) is 15.5. The topological polar surface area (TPSA) is 106 Å². The summed E-state index contributed by atoms with van der Waals surface area (Å²) in [6.07, 6.45) is 0.195. The van der Waals surface area contributed by atoms with E-state index in [4.69, 9.17) is 4.74 Å². The van der Waals surface area contributed by atoms with E-state index in [0.717, 1.165) is 14.7 Å². The first kappa shape index (κ1) is 18.4. The van der Waals surface area contributed by atoms with Gasteiger partial charge in [0.2, 0.25) is 11.8 Å². The summed E-state index contributed by atoms with van der Waals surface area (Å²) in [5, 5.41) is 15.9. The van der Waals surface area contributed by atoms with Crippen molar-refractivity contribution in [3.63, 3.8) is 0 Å². The molecule has 2 heterocycles. The SMILES string of the molecule is COc1ccccc1C1CC(c2c(O)n(C)c(=O)n(C)c2=O)=NN1C(C)=O. The number of rotatable bonds is 3. The van der Waals surface area contributed by atoms with Crippen molar-refractivity contribution in [2.75, 3.05) is 7.11 Å². The average molecular weight is 372 g/mol. The standard InChI is InChI=1S/C18H20N4O5/c1-10(23)22-13(11-7-5-6-8-14(11)27-4)9-12(19-22)15-16(24)20(2)18(26)21(3)17(15)25/h5-8,13,24H,9H2,1-4H3. The van der Waals surface area contributed by atoms with Gasteiger partial charge in [0.1, 0.15) is 11.3 Å². The van der Waals surface area contributed by atoms with E-state index in [9.17, 15) is 19.5 Å². The van der Waals surface area contributed by atoms with Gasteiger partial charge in [0.05, 0.1) is 18.9 Å². The van der Waals surface area contributed by atoms with Crippen molar-refractivity contribution in [2.45, 2.75) is 19.4 Å². The van der Waals surface area contributed by atoms with E-state index in [1.165, 1.54) is 33.1 Å². The van der Waals surface area contributed by atoms with Gasteiger partial charge in [-0.25, -0.2) is 9.80 Å². The van der Waals surface area contributed by atoms with Crippen LogP contribution in [0.3, 0.4) is 0 Å². The minimum atomic E-state index is -0.668. The van der Waals surface area contributed by atoms with Crippen LogP contribution in [0, 0.1) is 0 Å². The Labute approximate surface area is 154 Å². The van der Waals surface area contributed by atoms with Crippen LogP contribution in [0.15, 0.2) is 39.0 Å². The number of aromatic hydroxyl groups is 1. The molecule has 1 amide bonds. The minimum Gasteiger partial charge on any atom is -0.496 e. The highest BCUT2D eigenvalue weighted by molar-refractivity contribution is 6.04. The number of hydrogen-bond donors (Lipinski definition) is 1. The number of para-hydroxylation sites is 1. The van der Waals surface area contributed by atoms with Crippen LogP contribution in [0.4, 0.5) is 0 Å². The van der Waals surface area contributed by atoms with Crippen LogP contribution in [0.1, 0.15) is 30.5 Å². The Hall–Kier alpha value is -3.36. The second-order valence-electron chi connectivity index (χ2n) is 6.28. The third-order valence-corrected chi connectivity index (χ3v) is 4.65. The molecule has 1 aromatic carbocycles. The number of carbonyl (C=O) groups excluding carboxylic acids is 1. The fourth-order valence-corrected chi connectivity index (χ4v) is 3.22. The molecule has 9 heteroatoms. The number of hydrazone groups is 1. The number of benzene rings is 1. The lowest BCUT2D eigenvalue weighted by molar-refractivity contribution is -0.130. The third-order valence-electron chi connectivity index (χ3n) is 4.65. The molecule has 0 saturated carbocycles. The van der Waals surface area contributed by atoms with E-state index < -0.39 is 23.2 Å². The molecule has 0 radical (unpaired) electrons. The Morgan fingerprint density at radius 3 is 2.52 bits per heavy atom. The Kier molecular flexibility index (Phi) is 4.61. The molecule has 0 saturated heterocycles. The lowest BCUT2D eigenvalue weighted by Gasteiger charge is -2.22. The third kappa shape index (κ3) is 2.90. The molecule has 3 rings (SSSR count). The highest BCUT2D eigenvalue weighted by Crippen LogP contribution is 2.37. The second-order valence-corrected chi connectivity index (χ2v) is 6.28. The van der Waals surface area contributed by atoms with E-state index in [2.05, 4.69) is 5.10 Å². The molecule has 9 nitrogen and oxygen atoms in total. The van der Waals surface area contributed by atoms with Crippen LogP contribution in [0.2, 0.25) is 0 Å². The summed E-state index contributed by atoms with van der Waals surface area (Å²) in [7, 11) is 4.21. The van der Waals surface area contributed by atoms with Gasteiger partial charge in [-0.05, 0) is 6.07 Å². The largest absolute Gasteiger partial charge is 0.496 e. The molecule has 1 aromatic heterocycles. The summed E-state index contributed by atoms with van der Waals surface area (Å²) in [4.78, 5) is 36.7. The van der Waals surface area contributed by atoms with Gasteiger partial charge in [-0.1, -0.05) is 18.2 Å². The number of hydrogen-bond acceptors (Lipinski definition) is 6. The zero-order chi connectivity index (χ0) is 19.9. The maximum absolute atomic E-state index is 12.6. The molecular formula is C18H20N4O5. The van der Waals surface area contributed by atoms with Gasteiger partial charge in [0.25, 0.3) is 5.56 Å². The predicted octanol–water partition coefficient (Wildman–Crippen LogP) is 0.496. The molecular weight excluding hydrogens is 352 g/mol. The quantitative estimate of drug-likeness (QED) is 0.844. The summed E-state index contributed by atoms with van der Waals surface area (Å²) in [5.74, 6) is -0.212. The van der Waals surface area contributed by atoms with Gasteiger partial charge < -0.3 is 9.84 Å². The Morgan fingerprint density at radius 2 is 1.89 bits per heavy atom. The first-order valence-electron chi connectivity index (χ1n) is 8.27. The zero-order valence-corrected chi connectivity index (χ0v) is 15.5. The molecule has 0 aliphatic carbocycles. The van der Waals surface area contributed by atoms with Crippen molar-refractivity contribution in [3.8, 4) is 11.6 Å². The number of nitrogens with zero attached hydrogens (tertiary/aromatic N) is 4. The van der Waals surface area contributed by atoms with Crippen molar-refractivity contribution in [3.05, 3.63) is 56.2 Å². The lowest BCUT2D eigenvalue weighted by Crippen LogP contribution is -2.39. The molecule has 1 atom stereocenters. The lowest BCUT2D eigenvalue weighted by atomic mass is 9.98. The summed E-state index contributed by atoms with van der Waals surface area (Å²) in [6.45, 7) is 1.37. The van der Waals surface area contributed by atoms with E-state index >= 15 is 0 Å². The van der Waals surface area contributed by atoms with Crippen molar-refractivity contribution in [1.29, 1.82) is 0 Å². The van der Waals surface area contributed by atoms with Gasteiger partial charge in [0.15, 0.2) is 0 Å². The highest BCUT2D eigenvalue weighted by atomic mass is 16.5. The van der Waals surface area contributed by atoms with Gasteiger partial charge in [-0.15, -0.1) is 0 Å². The Morgan fingerprint density at radius 1 is 1.22 bits per heavy atom. The summed E-state index contributed by atoms with van der Waals surface area (Å²) in [5.41, 5.74) is -0.448. The van der Waals surface area contributed by atoms with E-state index in [1.807, 2.05) is 18.2 Å². The van der Waals surface area contributed by atoms with Gasteiger partial charge in [-0.3, -0.25) is 18.7 Å². The first-order chi connectivity index (χ1) is 12.8. The van der Waals surface area contributed by atoms with Crippen molar-refractivity contribution in [2.24, 2.45) is 19.2 Å². The molecule has 1 N–H and O–H groups in total. The van der Waals surface area contributed by atoms with Crippen LogP contribution in [0.25, 0.3) is 0 Å².